The molecule has 4 heteroatoms. The molecule has 1 aromatic heterocycles. The van der Waals surface area contributed by atoms with E-state index in [0.29, 0.717) is 17.4 Å². The molecule has 72 valence electrons. The lowest BCUT2D eigenvalue weighted by atomic mass is 10.2. The highest BCUT2D eigenvalue weighted by atomic mass is 35.5. The van der Waals surface area contributed by atoms with Crippen molar-refractivity contribution in [1.29, 1.82) is 0 Å². The van der Waals surface area contributed by atoms with Crippen molar-refractivity contribution in [1.82, 2.24) is 5.16 Å². The molecule has 0 unspecified atom stereocenters. The molecule has 0 saturated carbocycles. The Labute approximate surface area is 86.2 Å². The average molecular weight is 210 g/mol. The maximum absolute atomic E-state index is 5.95. The van der Waals surface area contributed by atoms with Crippen LogP contribution in [0, 0.1) is 0 Å². The van der Waals surface area contributed by atoms with Gasteiger partial charge in [-0.1, -0.05) is 35.0 Å². The van der Waals surface area contributed by atoms with Crippen LogP contribution >= 0.6 is 11.6 Å². The lowest BCUT2D eigenvalue weighted by Gasteiger charge is -2.04. The highest BCUT2D eigenvalue weighted by Gasteiger charge is 2.00. The molecule has 2 rings (SSSR count). The van der Waals surface area contributed by atoms with Crippen LogP contribution in [0.4, 0.5) is 0 Å². The molecule has 0 aliphatic heterocycles. The summed E-state index contributed by atoms with van der Waals surface area (Å²) in [7, 11) is 0. The van der Waals surface area contributed by atoms with Crippen LogP contribution < -0.4 is 4.74 Å². The van der Waals surface area contributed by atoms with E-state index in [1.165, 1.54) is 12.5 Å². The van der Waals surface area contributed by atoms with Gasteiger partial charge in [0.25, 0.3) is 0 Å². The summed E-state index contributed by atoms with van der Waals surface area (Å²) in [6, 6.07) is 7.53. The minimum Gasteiger partial charge on any atom is -0.484 e. The molecular formula is C10H8ClNO2. The number of hydrogen-bond donors (Lipinski definition) is 0. The van der Waals surface area contributed by atoms with E-state index in [2.05, 4.69) is 9.68 Å². The van der Waals surface area contributed by atoms with Crippen molar-refractivity contribution in [2.45, 2.75) is 6.61 Å². The summed E-state index contributed by atoms with van der Waals surface area (Å²) in [6.45, 7) is 0.418. The molecule has 0 atom stereocenters. The van der Waals surface area contributed by atoms with E-state index in [9.17, 15) is 0 Å². The molecule has 0 bridgehead atoms. The molecule has 3 nitrogen and oxygen atoms in total. The van der Waals surface area contributed by atoms with Crippen molar-refractivity contribution in [3.05, 3.63) is 47.3 Å². The van der Waals surface area contributed by atoms with Crippen LogP contribution in [0.1, 0.15) is 5.56 Å². The topological polar surface area (TPSA) is 35.3 Å². The number of aromatic nitrogens is 1. The second kappa shape index (κ2) is 4.15. The summed E-state index contributed by atoms with van der Waals surface area (Å²) in [5.41, 5.74) is 0.940. The summed E-state index contributed by atoms with van der Waals surface area (Å²) in [4.78, 5) is 0. The van der Waals surface area contributed by atoms with Crippen molar-refractivity contribution in [2.75, 3.05) is 0 Å². The van der Waals surface area contributed by atoms with Gasteiger partial charge in [-0.05, 0) is 6.07 Å². The Hall–Kier alpha value is -1.48. The molecule has 0 aliphatic rings. The molecule has 0 aliphatic carbocycles. The number of ether oxygens (including phenoxy) is 1. The number of hydrogen-bond acceptors (Lipinski definition) is 3. The van der Waals surface area contributed by atoms with Gasteiger partial charge in [0.1, 0.15) is 12.8 Å². The van der Waals surface area contributed by atoms with E-state index in [1.807, 2.05) is 24.3 Å². The van der Waals surface area contributed by atoms with Gasteiger partial charge in [-0.15, -0.1) is 0 Å². The van der Waals surface area contributed by atoms with Gasteiger partial charge in [-0.25, -0.2) is 0 Å². The first-order valence-corrected chi connectivity index (χ1v) is 4.49. The molecule has 14 heavy (non-hydrogen) atoms. The molecule has 2 aromatic rings. The molecule has 0 amide bonds. The van der Waals surface area contributed by atoms with Crippen LogP contribution in [0.15, 0.2) is 41.2 Å². The Kier molecular flexibility index (Phi) is 2.70. The summed E-state index contributed by atoms with van der Waals surface area (Å²) in [6.07, 6.45) is 2.95. The maximum Gasteiger partial charge on any atom is 0.179 e. The van der Waals surface area contributed by atoms with Crippen molar-refractivity contribution < 1.29 is 9.26 Å². The van der Waals surface area contributed by atoms with Crippen LogP contribution in [0.3, 0.4) is 0 Å². The van der Waals surface area contributed by atoms with Crippen LogP contribution in [0.25, 0.3) is 0 Å². The van der Waals surface area contributed by atoms with E-state index >= 15 is 0 Å². The fourth-order valence-electron chi connectivity index (χ4n) is 1.04. The third-order valence-corrected chi connectivity index (χ3v) is 2.13. The van der Waals surface area contributed by atoms with Crippen LogP contribution in [0.5, 0.6) is 5.75 Å². The van der Waals surface area contributed by atoms with Crippen molar-refractivity contribution >= 4 is 11.6 Å². The van der Waals surface area contributed by atoms with Crippen molar-refractivity contribution in [3.8, 4) is 5.75 Å². The van der Waals surface area contributed by atoms with Gasteiger partial charge in [0.05, 0.1) is 0 Å². The Morgan fingerprint density at radius 2 is 2.21 bits per heavy atom. The first kappa shape index (κ1) is 9.09. The van der Waals surface area contributed by atoms with Crippen LogP contribution in [-0.2, 0) is 6.61 Å². The lowest BCUT2D eigenvalue weighted by Crippen LogP contribution is -1.94. The first-order chi connectivity index (χ1) is 6.86. The van der Waals surface area contributed by atoms with Crippen LogP contribution in [-0.4, -0.2) is 5.16 Å². The number of nitrogens with zero attached hydrogens (tertiary/aromatic N) is 1. The van der Waals surface area contributed by atoms with Gasteiger partial charge >= 0.3 is 0 Å². The van der Waals surface area contributed by atoms with Gasteiger partial charge in [-0.2, -0.15) is 0 Å². The molecular weight excluding hydrogens is 202 g/mol. The van der Waals surface area contributed by atoms with E-state index in [-0.39, 0.29) is 0 Å². The molecule has 0 saturated heterocycles. The van der Waals surface area contributed by atoms with Gasteiger partial charge in [0.15, 0.2) is 12.0 Å². The Morgan fingerprint density at radius 3 is 2.93 bits per heavy atom. The standard InChI is InChI=1S/C10H8ClNO2/c11-10-4-2-1-3-8(10)6-13-9-5-12-14-7-9/h1-5,7H,6H2. The molecule has 0 N–H and O–H groups in total. The predicted octanol–water partition coefficient (Wildman–Crippen LogP) is 2.91. The van der Waals surface area contributed by atoms with E-state index in [0.717, 1.165) is 5.56 Å². The van der Waals surface area contributed by atoms with Crippen molar-refractivity contribution in [3.63, 3.8) is 0 Å². The second-order valence-electron chi connectivity index (χ2n) is 2.74. The summed E-state index contributed by atoms with van der Waals surface area (Å²) in [5.74, 6) is 0.602. The first-order valence-electron chi connectivity index (χ1n) is 4.12. The molecule has 0 fully saturated rings. The molecule has 0 radical (unpaired) electrons. The summed E-state index contributed by atoms with van der Waals surface area (Å²) >= 11 is 5.95. The Bertz CT molecular complexity index is 400. The normalized spacial score (nSPS) is 10.1. The third-order valence-electron chi connectivity index (χ3n) is 1.76. The largest absolute Gasteiger partial charge is 0.484 e. The van der Waals surface area contributed by atoms with E-state index in [4.69, 9.17) is 16.3 Å². The van der Waals surface area contributed by atoms with Gasteiger partial charge in [0, 0.05) is 10.6 Å². The SMILES string of the molecule is Clc1ccccc1COc1cnoc1. The highest BCUT2D eigenvalue weighted by molar-refractivity contribution is 6.31. The zero-order chi connectivity index (χ0) is 9.80. The monoisotopic (exact) mass is 209 g/mol. The Balaban J connectivity index is 2.02. The summed E-state index contributed by atoms with van der Waals surface area (Å²) in [5, 5.41) is 4.22. The third kappa shape index (κ3) is 2.06. The van der Waals surface area contributed by atoms with Crippen LogP contribution in [0.2, 0.25) is 5.02 Å². The smallest absolute Gasteiger partial charge is 0.179 e. The van der Waals surface area contributed by atoms with E-state index < -0.39 is 0 Å². The van der Waals surface area contributed by atoms with Crippen molar-refractivity contribution in [2.24, 2.45) is 0 Å². The number of rotatable bonds is 3. The minimum atomic E-state index is 0.418. The van der Waals surface area contributed by atoms with Gasteiger partial charge < -0.3 is 9.26 Å². The maximum atomic E-state index is 5.95. The summed E-state index contributed by atoms with van der Waals surface area (Å²) < 4.78 is 10.00. The fourth-order valence-corrected chi connectivity index (χ4v) is 1.23. The van der Waals surface area contributed by atoms with Gasteiger partial charge in [0.2, 0.25) is 0 Å². The quantitative estimate of drug-likeness (QED) is 0.780. The predicted molar refractivity (Wildman–Crippen MR) is 52.3 cm³/mol. The number of halogens is 1. The van der Waals surface area contributed by atoms with E-state index in [1.54, 1.807) is 0 Å². The lowest BCUT2D eigenvalue weighted by molar-refractivity contribution is 0.301. The second-order valence-corrected chi connectivity index (χ2v) is 3.15. The fraction of sp³-hybridized carbons (Fsp3) is 0.100. The molecule has 1 aromatic carbocycles. The molecule has 0 spiro atoms. The Morgan fingerprint density at radius 1 is 1.36 bits per heavy atom. The van der Waals surface area contributed by atoms with Gasteiger partial charge in [-0.3, -0.25) is 0 Å². The zero-order valence-corrected chi connectivity index (χ0v) is 8.07. The molecule has 1 heterocycles. The zero-order valence-electron chi connectivity index (χ0n) is 7.31. The highest BCUT2D eigenvalue weighted by Crippen LogP contribution is 2.17. The number of benzene rings is 1. The average Bonchev–Trinajstić information content (AvgIpc) is 2.69. The minimum absolute atomic E-state index is 0.418.